The van der Waals surface area contributed by atoms with E-state index < -0.39 is 57.8 Å². The van der Waals surface area contributed by atoms with Crippen LogP contribution >= 0.6 is 0 Å². The van der Waals surface area contributed by atoms with E-state index in [-0.39, 0.29) is 0 Å². The van der Waals surface area contributed by atoms with Gasteiger partial charge >= 0.3 is 0 Å². The van der Waals surface area contributed by atoms with Crippen LogP contribution in [0, 0.1) is 20.8 Å². The first-order valence-electron chi connectivity index (χ1n) is 17.9. The smallest absolute Gasteiger partial charge is 0.0693 e. The molecule has 2 aromatic carbocycles. The van der Waals surface area contributed by atoms with Crippen LogP contribution in [0.3, 0.4) is 0 Å². The first kappa shape index (κ1) is 35.8. The summed E-state index contributed by atoms with van der Waals surface area (Å²) < 4.78 is 21.1. The predicted octanol–water partition coefficient (Wildman–Crippen LogP) is 10.2. The van der Waals surface area contributed by atoms with E-state index in [1.165, 1.54) is 21.9 Å². The van der Waals surface area contributed by atoms with Gasteiger partial charge in [0.1, 0.15) is 0 Å². The van der Waals surface area contributed by atoms with Gasteiger partial charge < -0.3 is 0 Å². The molecule has 0 nitrogen and oxygen atoms in total. The first-order valence-corrected chi connectivity index (χ1v) is 39.4. The van der Waals surface area contributed by atoms with Gasteiger partial charge in [0.05, 0.1) is 9.38 Å². The monoisotopic (exact) mass is 702 g/mol. The van der Waals surface area contributed by atoms with E-state index in [1.54, 1.807) is 5.56 Å². The fraction of sp³-hybridized carbons (Fsp3) is 0.667. The standard InChI is InChI=1S/C36H72Si7/c1-26-22-27(2)32(28(3)23-26)37-33-30(35(40(10,11)12)41(13,14)15)24-29(34(38(4,5)6)39(7,8)9)25-31(33)36(42(16,17)18)43(19,20)21/h22-25,34-36H,37H2,1-21H3/i37D2. The third-order valence-corrected chi connectivity index (χ3v) is 39.1. The van der Waals surface area contributed by atoms with E-state index in [1.807, 2.05) is 0 Å². The highest BCUT2D eigenvalue weighted by atomic mass is 28.4. The fourth-order valence-corrected chi connectivity index (χ4v) is 50.0. The van der Waals surface area contributed by atoms with E-state index in [0.717, 1.165) is 16.3 Å². The number of hydrogen-bond acceptors (Lipinski definition) is 0. The van der Waals surface area contributed by atoms with Gasteiger partial charge in [0, 0.05) is 50.9 Å². The molecule has 0 saturated heterocycles. The molecule has 0 unspecified atom stereocenters. The van der Waals surface area contributed by atoms with Gasteiger partial charge in [-0.15, -0.1) is 0 Å². The van der Waals surface area contributed by atoms with Crippen LogP contribution in [0.15, 0.2) is 24.3 Å². The second-order valence-electron chi connectivity index (χ2n) is 20.5. The van der Waals surface area contributed by atoms with Crippen LogP contribution in [0.1, 0.15) is 48.9 Å². The van der Waals surface area contributed by atoms with Gasteiger partial charge in [-0.05, 0) is 41.8 Å². The molecular formula is C36H72Si7. The lowest BCUT2D eigenvalue weighted by Crippen LogP contribution is -2.54. The summed E-state index contributed by atoms with van der Waals surface area (Å²) in [6.07, 6.45) is 0. The Labute approximate surface area is 281 Å². The summed E-state index contributed by atoms with van der Waals surface area (Å²) >= 11 is 0. The van der Waals surface area contributed by atoms with Crippen molar-refractivity contribution in [3.63, 3.8) is 0 Å². The predicted molar refractivity (Wildman–Crippen MR) is 223 cm³/mol. The zero-order valence-electron chi connectivity index (χ0n) is 34.5. The summed E-state index contributed by atoms with van der Waals surface area (Å²) in [7, 11) is -13.8. The van der Waals surface area contributed by atoms with E-state index in [9.17, 15) is 2.47 Å². The largest absolute Gasteiger partial charge is 0.0888 e. The Morgan fingerprint density at radius 1 is 0.442 bits per heavy atom. The zero-order valence-corrected chi connectivity index (χ0v) is 39.5. The van der Waals surface area contributed by atoms with Gasteiger partial charge in [0.25, 0.3) is 0 Å². The fourth-order valence-electron chi connectivity index (χ4n) is 9.74. The minimum absolute atomic E-state index is 0.500. The van der Waals surface area contributed by atoms with E-state index in [0.29, 0.717) is 15.5 Å². The molecule has 0 saturated carbocycles. The molecule has 0 aliphatic heterocycles. The lowest BCUT2D eigenvalue weighted by Gasteiger charge is -2.46. The molecule has 0 heterocycles. The van der Waals surface area contributed by atoms with Gasteiger partial charge in [-0.1, -0.05) is 180 Å². The molecule has 2 rings (SSSR count). The van der Waals surface area contributed by atoms with Gasteiger partial charge in [-0.25, -0.2) is 0 Å². The van der Waals surface area contributed by atoms with Gasteiger partial charge in [0.2, 0.25) is 0 Å². The van der Waals surface area contributed by atoms with Crippen molar-refractivity contribution in [1.82, 2.24) is 0 Å². The van der Waals surface area contributed by atoms with E-state index in [4.69, 9.17) is 0 Å². The molecular weight excluding hydrogens is 629 g/mol. The number of hydrogen-bond donors (Lipinski definition) is 0. The molecule has 43 heavy (non-hydrogen) atoms. The van der Waals surface area contributed by atoms with Crippen molar-refractivity contribution in [2.24, 2.45) is 0 Å². The highest BCUT2D eigenvalue weighted by Crippen LogP contribution is 2.44. The number of benzene rings is 2. The summed E-state index contributed by atoms with van der Waals surface area (Å²) in [5.74, 6) is 0. The van der Waals surface area contributed by atoms with Crippen molar-refractivity contribution in [2.45, 2.75) is 154 Å². The molecule has 244 valence electrons. The van der Waals surface area contributed by atoms with Crippen molar-refractivity contribution >= 4 is 68.2 Å². The number of rotatable bonds is 11. The minimum atomic E-state index is -3.64. The summed E-state index contributed by atoms with van der Waals surface area (Å²) in [5, 5.41) is 3.90. The highest BCUT2D eigenvalue weighted by molar-refractivity contribution is 6.98. The van der Waals surface area contributed by atoms with Crippen molar-refractivity contribution < 1.29 is 0 Å². The molecule has 0 aliphatic rings. The van der Waals surface area contributed by atoms with Crippen molar-refractivity contribution in [1.29, 1.82) is 2.47 Å². The second kappa shape index (κ2) is 12.9. The maximum atomic E-state index is 10.6. The molecule has 0 aliphatic carbocycles. The molecule has 0 N–H and O–H groups in total. The molecule has 0 aromatic heterocycles. The van der Waals surface area contributed by atoms with Crippen molar-refractivity contribution in [3.05, 3.63) is 57.6 Å². The lowest BCUT2D eigenvalue weighted by atomic mass is 10.1. The Morgan fingerprint density at radius 3 is 0.977 bits per heavy atom. The Morgan fingerprint density at radius 2 is 0.721 bits per heavy atom. The second-order valence-corrected chi connectivity index (χ2v) is 55.3. The van der Waals surface area contributed by atoms with Crippen LogP contribution in [0.4, 0.5) is 0 Å². The van der Waals surface area contributed by atoms with Crippen LogP contribution in [-0.2, 0) is 0 Å². The maximum absolute atomic E-state index is 10.6. The van der Waals surface area contributed by atoms with E-state index >= 15 is 0 Å². The quantitative estimate of drug-likeness (QED) is 0.205. The normalized spacial score (nSPS) is 15.4. The molecule has 0 spiro atoms. The topological polar surface area (TPSA) is 0 Å². The molecule has 0 bridgehead atoms. The SMILES string of the molecule is [2H][Si]([2H])(c1c(C)cc(C)cc1C)c1c(C([Si](C)(C)C)[Si](C)(C)C)cc(C([Si](C)(C)C)[Si](C)(C)C)cc1C([Si](C)(C)C)[Si](C)(C)C. The average Bonchev–Trinajstić information content (AvgIpc) is 2.65. The van der Waals surface area contributed by atoms with Crippen LogP contribution in [0.2, 0.25) is 118 Å². The molecule has 0 atom stereocenters. The average molecular weight is 704 g/mol. The van der Waals surface area contributed by atoms with Crippen LogP contribution in [-0.4, -0.2) is 60.3 Å². The highest BCUT2D eigenvalue weighted by Gasteiger charge is 2.46. The minimum Gasteiger partial charge on any atom is -0.0693 e. The molecule has 0 amide bonds. The third kappa shape index (κ3) is 9.50. The van der Waals surface area contributed by atoms with Gasteiger partial charge in [-0.2, -0.15) is 0 Å². The summed E-state index contributed by atoms with van der Waals surface area (Å²) in [4.78, 5) is 0. The van der Waals surface area contributed by atoms with Crippen molar-refractivity contribution in [2.75, 3.05) is 0 Å². The van der Waals surface area contributed by atoms with E-state index in [2.05, 4.69) is 163 Å². The van der Waals surface area contributed by atoms with Gasteiger partial charge in [-0.3, -0.25) is 0 Å². The molecule has 2 aromatic rings. The van der Waals surface area contributed by atoms with Crippen LogP contribution in [0.25, 0.3) is 0 Å². The molecule has 7 heteroatoms. The summed E-state index contributed by atoms with van der Waals surface area (Å²) in [6.45, 7) is 53.0. The zero-order chi connectivity index (χ0) is 35.7. The molecule has 0 radical (unpaired) electrons. The Bertz CT molecular complexity index is 1260. The lowest BCUT2D eigenvalue weighted by molar-refractivity contribution is 1.10. The molecule has 0 fully saturated rings. The maximum Gasteiger partial charge on any atom is 0.0888 e. The number of aryl methyl sites for hydroxylation is 3. The summed E-state index contributed by atoms with van der Waals surface area (Å²) in [5.41, 5.74) is 8.09. The van der Waals surface area contributed by atoms with Crippen LogP contribution in [0.5, 0.6) is 0 Å². The third-order valence-electron chi connectivity index (χ3n) is 9.30. The summed E-state index contributed by atoms with van der Waals surface area (Å²) in [6, 6.07) is 9.85. The Kier molecular flexibility index (Phi) is 10.7. The van der Waals surface area contributed by atoms with Crippen LogP contribution < -0.4 is 10.4 Å². The Balaban J connectivity index is 3.53. The first-order chi connectivity index (χ1) is 19.6. The van der Waals surface area contributed by atoms with Crippen molar-refractivity contribution in [3.8, 4) is 0 Å². The van der Waals surface area contributed by atoms with Gasteiger partial charge in [0.15, 0.2) is 0 Å². The Hall–Kier alpha value is -0.0418.